The monoisotopic (exact) mass is 457 g/mol. The highest BCUT2D eigenvalue weighted by atomic mass is 32.2. The number of hydrogen-bond donors (Lipinski definition) is 1. The second-order valence-electron chi connectivity index (χ2n) is 7.61. The number of aryl methyl sites for hydroxylation is 1. The lowest BCUT2D eigenvalue weighted by atomic mass is 10.1. The summed E-state index contributed by atoms with van der Waals surface area (Å²) in [5, 5.41) is 4.11. The summed E-state index contributed by atoms with van der Waals surface area (Å²) in [4.78, 5) is 13.7. The zero-order valence-electron chi connectivity index (χ0n) is 18.5. The van der Waals surface area contributed by atoms with Crippen molar-refractivity contribution < 1.29 is 9.18 Å². The van der Waals surface area contributed by atoms with Gasteiger partial charge in [0.1, 0.15) is 5.82 Å². The van der Waals surface area contributed by atoms with Gasteiger partial charge in [-0.3, -0.25) is 4.79 Å². The molecule has 0 spiro atoms. The molecule has 0 aliphatic carbocycles. The summed E-state index contributed by atoms with van der Waals surface area (Å²) in [5.74, 6) is 0.264. The first-order valence-corrected chi connectivity index (χ1v) is 11.6. The van der Waals surface area contributed by atoms with Crippen molar-refractivity contribution in [3.8, 4) is 5.69 Å². The second-order valence-corrected chi connectivity index (χ2v) is 8.66. The summed E-state index contributed by atoms with van der Waals surface area (Å²) >= 11 is 1.75. The van der Waals surface area contributed by atoms with Crippen LogP contribution in [0.4, 0.5) is 4.39 Å². The molecule has 1 aromatic heterocycles. The van der Waals surface area contributed by atoms with Crippen LogP contribution in [0, 0.1) is 19.7 Å². The molecule has 0 atom stereocenters. The van der Waals surface area contributed by atoms with Gasteiger partial charge in [-0.2, -0.15) is 5.10 Å². The van der Waals surface area contributed by atoms with Gasteiger partial charge in [0.05, 0.1) is 11.9 Å². The van der Waals surface area contributed by atoms with Crippen LogP contribution in [0.15, 0.2) is 94.9 Å². The number of rotatable bonds is 7. The van der Waals surface area contributed by atoms with E-state index in [0.29, 0.717) is 11.3 Å². The summed E-state index contributed by atoms with van der Waals surface area (Å²) in [7, 11) is 0. The van der Waals surface area contributed by atoms with E-state index in [4.69, 9.17) is 0 Å². The van der Waals surface area contributed by atoms with Crippen molar-refractivity contribution in [2.75, 3.05) is 0 Å². The van der Waals surface area contributed by atoms with Crippen LogP contribution in [-0.4, -0.2) is 16.7 Å². The Kier molecular flexibility index (Phi) is 7.05. The highest BCUT2D eigenvalue weighted by molar-refractivity contribution is 7.98. The van der Waals surface area contributed by atoms with E-state index in [1.54, 1.807) is 48.3 Å². The Bertz CT molecular complexity index is 1280. The number of hydrogen-bond acceptors (Lipinski definition) is 3. The average Bonchev–Trinajstić information content (AvgIpc) is 3.12. The Morgan fingerprint density at radius 2 is 1.70 bits per heavy atom. The first-order chi connectivity index (χ1) is 16.0. The van der Waals surface area contributed by atoms with Crippen LogP contribution >= 0.6 is 11.8 Å². The van der Waals surface area contributed by atoms with Gasteiger partial charge < -0.3 is 4.57 Å². The Balaban J connectivity index is 1.38. The van der Waals surface area contributed by atoms with Crippen molar-refractivity contribution in [3.05, 3.63) is 119 Å². The lowest BCUT2D eigenvalue weighted by molar-refractivity contribution is 0.0955. The Morgan fingerprint density at radius 1 is 1.00 bits per heavy atom. The fourth-order valence-corrected chi connectivity index (χ4v) is 4.46. The molecule has 4 nitrogen and oxygen atoms in total. The molecular weight excluding hydrogens is 433 g/mol. The average molecular weight is 458 g/mol. The van der Waals surface area contributed by atoms with E-state index in [2.05, 4.69) is 22.7 Å². The van der Waals surface area contributed by atoms with Gasteiger partial charge in [0.15, 0.2) is 0 Å². The van der Waals surface area contributed by atoms with Crippen LogP contribution in [0.1, 0.15) is 32.9 Å². The number of halogens is 1. The number of carbonyl (C=O) groups excluding carboxylic acids is 1. The number of nitrogens with zero attached hydrogens (tertiary/aromatic N) is 2. The zero-order chi connectivity index (χ0) is 23.2. The summed E-state index contributed by atoms with van der Waals surface area (Å²) in [6.45, 7) is 3.81. The van der Waals surface area contributed by atoms with Gasteiger partial charge >= 0.3 is 0 Å². The van der Waals surface area contributed by atoms with E-state index in [-0.39, 0.29) is 11.7 Å². The lowest BCUT2D eigenvalue weighted by Crippen LogP contribution is -2.17. The maximum Gasteiger partial charge on any atom is 0.271 e. The molecule has 1 heterocycles. The number of amides is 1. The smallest absolute Gasteiger partial charge is 0.271 e. The number of hydrazone groups is 1. The predicted octanol–water partition coefficient (Wildman–Crippen LogP) is 6.29. The first kappa shape index (κ1) is 22.6. The van der Waals surface area contributed by atoms with Crippen LogP contribution in [0.5, 0.6) is 0 Å². The van der Waals surface area contributed by atoms with E-state index >= 15 is 0 Å². The van der Waals surface area contributed by atoms with E-state index in [0.717, 1.165) is 28.3 Å². The van der Waals surface area contributed by atoms with Crippen LogP contribution in [-0.2, 0) is 5.75 Å². The normalized spacial score (nSPS) is 11.1. The Labute approximate surface area is 197 Å². The molecule has 0 unspecified atom stereocenters. The summed E-state index contributed by atoms with van der Waals surface area (Å²) < 4.78 is 16.1. The van der Waals surface area contributed by atoms with E-state index in [9.17, 15) is 9.18 Å². The Morgan fingerprint density at radius 3 is 2.42 bits per heavy atom. The molecule has 0 aliphatic rings. The third kappa shape index (κ3) is 5.41. The molecule has 4 rings (SSSR count). The maximum absolute atomic E-state index is 14.2. The van der Waals surface area contributed by atoms with Crippen molar-refractivity contribution in [2.24, 2.45) is 5.10 Å². The van der Waals surface area contributed by atoms with Crippen LogP contribution < -0.4 is 5.43 Å². The highest BCUT2D eigenvalue weighted by Crippen LogP contribution is 2.23. The largest absolute Gasteiger partial charge is 0.315 e. The van der Waals surface area contributed by atoms with Crippen LogP contribution in [0.25, 0.3) is 5.69 Å². The van der Waals surface area contributed by atoms with E-state index in [1.165, 1.54) is 11.0 Å². The van der Waals surface area contributed by atoms with Gasteiger partial charge in [-0.15, -0.1) is 11.8 Å². The Hall–Kier alpha value is -3.64. The minimum atomic E-state index is -0.290. The fraction of sp³-hybridized carbons (Fsp3) is 0.111. The fourth-order valence-electron chi connectivity index (χ4n) is 3.58. The van der Waals surface area contributed by atoms with Crippen molar-refractivity contribution >= 4 is 23.9 Å². The van der Waals surface area contributed by atoms with Crippen molar-refractivity contribution in [3.63, 3.8) is 0 Å². The molecule has 0 bridgehead atoms. The number of para-hydroxylation sites is 1. The van der Waals surface area contributed by atoms with Crippen LogP contribution in [0.3, 0.4) is 0 Å². The lowest BCUT2D eigenvalue weighted by Gasteiger charge is -2.10. The van der Waals surface area contributed by atoms with Gasteiger partial charge in [0, 0.05) is 33.2 Å². The molecular formula is C27H24FN3OS. The van der Waals surface area contributed by atoms with Crippen LogP contribution in [0.2, 0.25) is 0 Å². The molecule has 33 heavy (non-hydrogen) atoms. The summed E-state index contributed by atoms with van der Waals surface area (Å²) in [5.41, 5.74) is 7.28. The van der Waals surface area contributed by atoms with Gasteiger partial charge in [-0.05, 0) is 61.9 Å². The molecule has 6 heteroatoms. The standard InChI is InChI=1S/C27H24FN3OS/c1-19-16-23(20(2)31(19)26-11-7-6-10-25(26)28)17-29-30-27(32)22-14-12-21(13-15-22)18-33-24-8-4-3-5-9-24/h3-17H,18H2,1-2H3,(H,30,32)/b29-17-. The predicted molar refractivity (Wildman–Crippen MR) is 133 cm³/mol. The number of benzene rings is 3. The van der Waals surface area contributed by atoms with Crippen molar-refractivity contribution in [1.29, 1.82) is 0 Å². The SMILES string of the molecule is Cc1cc(/C=N\NC(=O)c2ccc(CSc3ccccc3)cc2)c(C)n1-c1ccccc1F. The number of thioether (sulfide) groups is 1. The number of nitrogens with one attached hydrogen (secondary N) is 1. The van der Waals surface area contributed by atoms with Crippen molar-refractivity contribution in [1.82, 2.24) is 9.99 Å². The highest BCUT2D eigenvalue weighted by Gasteiger charge is 2.12. The van der Waals surface area contributed by atoms with Crippen molar-refractivity contribution in [2.45, 2.75) is 24.5 Å². The van der Waals surface area contributed by atoms with Gasteiger partial charge in [-0.1, -0.05) is 42.5 Å². The van der Waals surface area contributed by atoms with Gasteiger partial charge in [-0.25, -0.2) is 9.82 Å². The summed E-state index contributed by atoms with van der Waals surface area (Å²) in [6.07, 6.45) is 1.59. The zero-order valence-corrected chi connectivity index (χ0v) is 19.3. The number of aromatic nitrogens is 1. The second kappa shape index (κ2) is 10.3. The molecule has 1 amide bonds. The minimum Gasteiger partial charge on any atom is -0.315 e. The third-order valence-corrected chi connectivity index (χ3v) is 6.38. The molecule has 4 aromatic rings. The molecule has 0 saturated carbocycles. The molecule has 0 aliphatic heterocycles. The molecule has 1 N–H and O–H groups in total. The summed E-state index contributed by atoms with van der Waals surface area (Å²) in [6, 6.07) is 26.3. The topological polar surface area (TPSA) is 46.4 Å². The molecule has 166 valence electrons. The molecule has 0 fully saturated rings. The molecule has 3 aromatic carbocycles. The first-order valence-electron chi connectivity index (χ1n) is 10.6. The third-order valence-electron chi connectivity index (χ3n) is 5.30. The molecule has 0 radical (unpaired) electrons. The number of carbonyl (C=O) groups is 1. The quantitative estimate of drug-likeness (QED) is 0.201. The van der Waals surface area contributed by atoms with Gasteiger partial charge in [0.25, 0.3) is 5.91 Å². The maximum atomic E-state index is 14.2. The minimum absolute atomic E-state index is 0.281. The van der Waals surface area contributed by atoms with Gasteiger partial charge in [0.2, 0.25) is 0 Å². The van der Waals surface area contributed by atoms with E-state index in [1.807, 2.05) is 54.8 Å². The van der Waals surface area contributed by atoms with E-state index < -0.39 is 0 Å². The molecule has 0 saturated heterocycles.